The van der Waals surface area contributed by atoms with E-state index >= 15 is 0 Å². The molecule has 0 bridgehead atoms. The number of carbonyl (C=O) groups excluding carboxylic acids is 1. The number of aromatic nitrogens is 2. The average molecular weight is 346 g/mol. The predicted molar refractivity (Wildman–Crippen MR) is 103 cm³/mol. The number of nitrogens with one attached hydrogen (secondary N) is 2. The second kappa shape index (κ2) is 7.14. The van der Waals surface area contributed by atoms with E-state index in [4.69, 9.17) is 0 Å². The molecule has 1 aliphatic heterocycles. The lowest BCUT2D eigenvalue weighted by atomic mass is 10.0. The van der Waals surface area contributed by atoms with Crippen molar-refractivity contribution < 1.29 is 4.79 Å². The molecular weight excluding hydrogens is 324 g/mol. The van der Waals surface area contributed by atoms with Crippen molar-refractivity contribution in [2.75, 3.05) is 18.4 Å². The van der Waals surface area contributed by atoms with Gasteiger partial charge >= 0.3 is 0 Å². The lowest BCUT2D eigenvalue weighted by Gasteiger charge is -2.10. The second-order valence-corrected chi connectivity index (χ2v) is 6.58. The Balaban J connectivity index is 1.56. The van der Waals surface area contributed by atoms with E-state index < -0.39 is 0 Å². The van der Waals surface area contributed by atoms with E-state index in [-0.39, 0.29) is 5.91 Å². The van der Waals surface area contributed by atoms with E-state index in [1.54, 1.807) is 10.9 Å². The highest BCUT2D eigenvalue weighted by Crippen LogP contribution is 2.20. The molecule has 3 aromatic rings. The monoisotopic (exact) mass is 346 g/mol. The lowest BCUT2D eigenvalue weighted by Crippen LogP contribution is -2.16. The molecule has 5 heteroatoms. The smallest absolute Gasteiger partial charge is 0.259 e. The number of para-hydroxylation sites is 1. The molecule has 2 N–H and O–H groups in total. The lowest BCUT2D eigenvalue weighted by molar-refractivity contribution is 0.102. The molecule has 0 unspecified atom stereocenters. The number of anilines is 1. The zero-order chi connectivity index (χ0) is 17.9. The van der Waals surface area contributed by atoms with E-state index in [0.29, 0.717) is 5.56 Å². The van der Waals surface area contributed by atoms with Crippen LogP contribution in [0.1, 0.15) is 27.2 Å². The van der Waals surface area contributed by atoms with Crippen LogP contribution in [0.3, 0.4) is 0 Å². The van der Waals surface area contributed by atoms with E-state index in [0.717, 1.165) is 43.0 Å². The van der Waals surface area contributed by atoms with Crippen LogP contribution >= 0.6 is 0 Å². The topological polar surface area (TPSA) is 59.0 Å². The summed E-state index contributed by atoms with van der Waals surface area (Å²) >= 11 is 0. The van der Waals surface area contributed by atoms with Gasteiger partial charge in [0.15, 0.2) is 0 Å². The van der Waals surface area contributed by atoms with Crippen LogP contribution in [-0.4, -0.2) is 28.8 Å². The summed E-state index contributed by atoms with van der Waals surface area (Å²) in [7, 11) is 0. The van der Waals surface area contributed by atoms with Gasteiger partial charge in [0.1, 0.15) is 0 Å². The molecule has 0 saturated heterocycles. The van der Waals surface area contributed by atoms with Crippen LogP contribution in [0.2, 0.25) is 0 Å². The highest BCUT2D eigenvalue weighted by atomic mass is 16.1. The van der Waals surface area contributed by atoms with Gasteiger partial charge in [-0.3, -0.25) is 4.79 Å². The van der Waals surface area contributed by atoms with Crippen LogP contribution in [-0.2, 0) is 12.8 Å². The predicted octanol–water partition coefficient (Wildman–Crippen LogP) is 3.12. The molecule has 4 rings (SSSR count). The molecule has 0 spiro atoms. The maximum Gasteiger partial charge on any atom is 0.259 e. The van der Waals surface area contributed by atoms with Gasteiger partial charge < -0.3 is 10.6 Å². The third kappa shape index (κ3) is 3.26. The van der Waals surface area contributed by atoms with Crippen molar-refractivity contribution in [3.05, 3.63) is 77.1 Å². The summed E-state index contributed by atoms with van der Waals surface area (Å²) in [6.07, 6.45) is 3.65. The van der Waals surface area contributed by atoms with Gasteiger partial charge in [0, 0.05) is 5.69 Å². The van der Waals surface area contributed by atoms with Crippen LogP contribution in [0.5, 0.6) is 0 Å². The Bertz CT molecular complexity index is 930. The molecule has 2 aromatic carbocycles. The molecule has 5 nitrogen and oxygen atoms in total. The van der Waals surface area contributed by atoms with Crippen molar-refractivity contribution in [2.24, 2.45) is 0 Å². The Labute approximate surface area is 153 Å². The zero-order valence-corrected chi connectivity index (χ0v) is 14.8. The maximum absolute atomic E-state index is 12.7. The molecule has 132 valence electrons. The van der Waals surface area contributed by atoms with Gasteiger partial charge in [0.2, 0.25) is 0 Å². The fourth-order valence-electron chi connectivity index (χ4n) is 3.41. The number of nitrogens with zero attached hydrogens (tertiary/aromatic N) is 2. The van der Waals surface area contributed by atoms with Crippen molar-refractivity contribution in [1.29, 1.82) is 0 Å². The first-order valence-electron chi connectivity index (χ1n) is 8.96. The van der Waals surface area contributed by atoms with E-state index in [1.165, 1.54) is 11.1 Å². The van der Waals surface area contributed by atoms with Crippen molar-refractivity contribution >= 4 is 11.6 Å². The summed E-state index contributed by atoms with van der Waals surface area (Å²) in [5.74, 6) is -0.128. The highest BCUT2D eigenvalue weighted by molar-refractivity contribution is 6.05. The minimum absolute atomic E-state index is 0.128. The van der Waals surface area contributed by atoms with Gasteiger partial charge in [0.05, 0.1) is 23.1 Å². The molecule has 26 heavy (non-hydrogen) atoms. The normalized spacial score (nSPS) is 13.7. The van der Waals surface area contributed by atoms with Gasteiger partial charge in [-0.2, -0.15) is 5.10 Å². The summed E-state index contributed by atoms with van der Waals surface area (Å²) in [5.41, 5.74) is 5.87. The summed E-state index contributed by atoms with van der Waals surface area (Å²) in [4.78, 5) is 12.7. The number of amides is 1. The van der Waals surface area contributed by atoms with Gasteiger partial charge in [0.25, 0.3) is 5.91 Å². The average Bonchev–Trinajstić information content (AvgIpc) is 2.89. The summed E-state index contributed by atoms with van der Waals surface area (Å²) in [6, 6.07) is 16.0. The molecule has 0 aliphatic carbocycles. The molecule has 0 fully saturated rings. The maximum atomic E-state index is 12.7. The first-order valence-corrected chi connectivity index (χ1v) is 8.96. The van der Waals surface area contributed by atoms with Crippen molar-refractivity contribution in [1.82, 2.24) is 15.1 Å². The minimum Gasteiger partial charge on any atom is -0.322 e. The number of fused-ring (bicyclic) bond motifs is 1. The quantitative estimate of drug-likeness (QED) is 0.766. The Morgan fingerprint density at radius 2 is 1.85 bits per heavy atom. The molecular formula is C21H22N4O. The number of carbonyl (C=O) groups is 1. The van der Waals surface area contributed by atoms with E-state index in [2.05, 4.69) is 27.9 Å². The van der Waals surface area contributed by atoms with Crippen molar-refractivity contribution in [3.8, 4) is 5.69 Å². The molecule has 1 aromatic heterocycles. The van der Waals surface area contributed by atoms with Crippen LogP contribution < -0.4 is 10.6 Å². The largest absolute Gasteiger partial charge is 0.322 e. The van der Waals surface area contributed by atoms with Crippen LogP contribution in [0.4, 0.5) is 5.69 Å². The van der Waals surface area contributed by atoms with Gasteiger partial charge in [-0.25, -0.2) is 4.68 Å². The van der Waals surface area contributed by atoms with Crippen LogP contribution in [0, 0.1) is 6.92 Å². The van der Waals surface area contributed by atoms with E-state index in [1.807, 2.05) is 43.3 Å². The fraction of sp³-hybridized carbons (Fsp3) is 0.238. The van der Waals surface area contributed by atoms with Gasteiger partial charge in [-0.1, -0.05) is 24.3 Å². The van der Waals surface area contributed by atoms with E-state index in [9.17, 15) is 4.79 Å². The van der Waals surface area contributed by atoms with Crippen molar-refractivity contribution in [2.45, 2.75) is 19.8 Å². The second-order valence-electron chi connectivity index (χ2n) is 6.58. The number of rotatable bonds is 3. The minimum atomic E-state index is -0.128. The first-order chi connectivity index (χ1) is 12.7. The number of hydrogen-bond donors (Lipinski definition) is 2. The number of hydrogen-bond acceptors (Lipinski definition) is 3. The first kappa shape index (κ1) is 16.5. The Hall–Kier alpha value is -2.92. The SMILES string of the molecule is Cc1c(C(=O)Nc2ccc3c(c2)CCNCC3)cnn1-c1ccccc1. The molecule has 1 aliphatic rings. The third-order valence-electron chi connectivity index (χ3n) is 4.86. The molecule has 0 radical (unpaired) electrons. The van der Waals surface area contributed by atoms with Crippen LogP contribution in [0.15, 0.2) is 54.7 Å². The Kier molecular flexibility index (Phi) is 4.54. The summed E-state index contributed by atoms with van der Waals surface area (Å²) < 4.78 is 1.79. The molecule has 2 heterocycles. The molecule has 0 atom stereocenters. The van der Waals surface area contributed by atoms with Crippen LogP contribution in [0.25, 0.3) is 5.69 Å². The Morgan fingerprint density at radius 3 is 2.65 bits per heavy atom. The van der Waals surface area contributed by atoms with Gasteiger partial charge in [-0.05, 0) is 68.2 Å². The molecule has 0 saturated carbocycles. The van der Waals surface area contributed by atoms with Gasteiger partial charge in [-0.15, -0.1) is 0 Å². The third-order valence-corrected chi connectivity index (χ3v) is 4.86. The zero-order valence-electron chi connectivity index (χ0n) is 14.8. The fourth-order valence-corrected chi connectivity index (χ4v) is 3.41. The highest BCUT2D eigenvalue weighted by Gasteiger charge is 2.16. The Morgan fingerprint density at radius 1 is 1.08 bits per heavy atom. The summed E-state index contributed by atoms with van der Waals surface area (Å²) in [6.45, 7) is 3.90. The van der Waals surface area contributed by atoms with Crippen molar-refractivity contribution in [3.63, 3.8) is 0 Å². The summed E-state index contributed by atoms with van der Waals surface area (Å²) in [5, 5.41) is 10.8. The molecule has 1 amide bonds. The number of benzene rings is 2. The standard InChI is InChI=1S/C21H22N4O/c1-15-20(14-23-25(15)19-5-3-2-4-6-19)21(26)24-18-8-7-16-9-11-22-12-10-17(16)13-18/h2-8,13-14,22H,9-12H2,1H3,(H,24,26).